The van der Waals surface area contributed by atoms with Gasteiger partial charge in [-0.2, -0.15) is 18.4 Å². The Kier molecular flexibility index (Phi) is 5.52. The van der Waals surface area contributed by atoms with E-state index >= 15 is 0 Å². The first-order valence-corrected chi connectivity index (χ1v) is 11.5. The first-order chi connectivity index (χ1) is 17.0. The maximum Gasteiger partial charge on any atom is 0.417 e. The van der Waals surface area contributed by atoms with Crippen LogP contribution in [-0.2, 0) is 20.5 Å². The van der Waals surface area contributed by atoms with Crippen LogP contribution in [0.25, 0.3) is 0 Å². The van der Waals surface area contributed by atoms with Crippen molar-refractivity contribution in [3.63, 3.8) is 0 Å². The molecule has 4 atom stereocenters. The number of methoxy groups -OCH3 is 1. The molecule has 0 aliphatic carbocycles. The summed E-state index contributed by atoms with van der Waals surface area (Å²) in [6.07, 6.45) is -3.39. The van der Waals surface area contributed by atoms with Gasteiger partial charge >= 0.3 is 6.18 Å². The minimum atomic E-state index is -4.81. The van der Waals surface area contributed by atoms with Gasteiger partial charge in [0.05, 0.1) is 59.6 Å². The Morgan fingerprint density at radius 1 is 1.08 bits per heavy atom. The Bertz CT molecular complexity index is 1270. The van der Waals surface area contributed by atoms with Crippen LogP contribution in [-0.4, -0.2) is 36.7 Å². The SMILES string of the molecule is COc1ccc(OCCC23CCC(C)(O2)C2C(=O)N(c4ccc(C#N)c(C(F)(F)F)c4)C(=O)C23)cc1. The molecule has 2 amide bonds. The van der Waals surface area contributed by atoms with Crippen LogP contribution in [0, 0.1) is 23.2 Å². The number of benzene rings is 2. The number of imide groups is 1. The molecule has 3 aliphatic rings. The molecule has 0 N–H and O–H groups in total. The predicted molar refractivity (Wildman–Crippen MR) is 120 cm³/mol. The standard InChI is InChI=1S/C26H23F3N2O5/c1-24-9-10-25(36-24,11-12-35-18-7-5-17(34-2)6-8-18)21-20(24)22(32)31(23(21)33)16-4-3-15(14-30)19(13-16)26(27,28)29/h3-8,13,20-21H,9-12H2,1-2H3. The second kappa shape index (κ2) is 8.23. The molecule has 0 saturated carbocycles. The van der Waals surface area contributed by atoms with Gasteiger partial charge in [0.1, 0.15) is 11.5 Å². The normalized spacial score (nSPS) is 28.8. The molecule has 5 rings (SSSR count). The van der Waals surface area contributed by atoms with Crippen molar-refractivity contribution in [3.05, 3.63) is 53.6 Å². The van der Waals surface area contributed by atoms with Crippen LogP contribution >= 0.6 is 0 Å². The number of carbonyl (C=O) groups excluding carboxylic acids is 2. The number of hydrogen-bond acceptors (Lipinski definition) is 6. The number of nitrogens with zero attached hydrogens (tertiary/aromatic N) is 2. The van der Waals surface area contributed by atoms with Crippen molar-refractivity contribution < 1.29 is 37.0 Å². The van der Waals surface area contributed by atoms with Gasteiger partial charge < -0.3 is 14.2 Å². The van der Waals surface area contributed by atoms with Gasteiger partial charge in [-0.05, 0) is 62.2 Å². The summed E-state index contributed by atoms with van der Waals surface area (Å²) < 4.78 is 57.9. The van der Waals surface area contributed by atoms with E-state index in [9.17, 15) is 22.8 Å². The fourth-order valence-corrected chi connectivity index (χ4v) is 5.88. The van der Waals surface area contributed by atoms with E-state index in [0.29, 0.717) is 36.8 Å². The Labute approximate surface area is 205 Å². The second-order valence-electron chi connectivity index (χ2n) is 9.56. The minimum Gasteiger partial charge on any atom is -0.497 e. The molecule has 10 heteroatoms. The first kappa shape index (κ1) is 24.1. The van der Waals surface area contributed by atoms with Gasteiger partial charge in [-0.15, -0.1) is 0 Å². The Morgan fingerprint density at radius 3 is 2.39 bits per heavy atom. The summed E-state index contributed by atoms with van der Waals surface area (Å²) in [5.74, 6) is -1.51. The zero-order chi connectivity index (χ0) is 25.9. The summed E-state index contributed by atoms with van der Waals surface area (Å²) in [6, 6.07) is 11.4. The smallest absolute Gasteiger partial charge is 0.417 e. The summed E-state index contributed by atoms with van der Waals surface area (Å²) in [6.45, 7) is 2.00. The van der Waals surface area contributed by atoms with Crippen LogP contribution in [0.3, 0.4) is 0 Å². The van der Waals surface area contributed by atoms with Crippen LogP contribution in [0.4, 0.5) is 18.9 Å². The molecule has 188 valence electrons. The van der Waals surface area contributed by atoms with Crippen LogP contribution in [0.5, 0.6) is 11.5 Å². The van der Waals surface area contributed by atoms with E-state index in [4.69, 9.17) is 19.5 Å². The van der Waals surface area contributed by atoms with Crippen LogP contribution in [0.2, 0.25) is 0 Å². The molecule has 0 radical (unpaired) electrons. The molecule has 0 aromatic heterocycles. The van der Waals surface area contributed by atoms with Crippen LogP contribution < -0.4 is 14.4 Å². The molecule has 2 bridgehead atoms. The lowest BCUT2D eigenvalue weighted by Crippen LogP contribution is -2.43. The highest BCUT2D eigenvalue weighted by Gasteiger charge is 2.73. The van der Waals surface area contributed by atoms with Crippen LogP contribution in [0.1, 0.15) is 37.3 Å². The fourth-order valence-electron chi connectivity index (χ4n) is 5.88. The van der Waals surface area contributed by atoms with Gasteiger partial charge in [0.2, 0.25) is 11.8 Å². The monoisotopic (exact) mass is 500 g/mol. The molecule has 3 heterocycles. The number of alkyl halides is 3. The molecular formula is C26H23F3N2O5. The number of hydrogen-bond donors (Lipinski definition) is 0. The lowest BCUT2D eigenvalue weighted by Gasteiger charge is -2.31. The Hall–Kier alpha value is -3.58. The lowest BCUT2D eigenvalue weighted by atomic mass is 9.67. The summed E-state index contributed by atoms with van der Waals surface area (Å²) in [5, 5.41) is 9.08. The fraction of sp³-hybridized carbons (Fsp3) is 0.423. The van der Waals surface area contributed by atoms with Gasteiger partial charge in [0, 0.05) is 6.42 Å². The largest absolute Gasteiger partial charge is 0.497 e. The first-order valence-electron chi connectivity index (χ1n) is 11.5. The van der Waals surface area contributed by atoms with Crippen molar-refractivity contribution in [2.45, 2.75) is 43.6 Å². The zero-order valence-electron chi connectivity index (χ0n) is 19.6. The highest BCUT2D eigenvalue weighted by atomic mass is 19.4. The van der Waals surface area contributed by atoms with Crippen LogP contribution in [0.15, 0.2) is 42.5 Å². The van der Waals surface area contributed by atoms with Gasteiger partial charge in [0.25, 0.3) is 0 Å². The minimum absolute atomic E-state index is 0.196. The molecule has 3 aliphatic heterocycles. The van der Waals surface area contributed by atoms with Gasteiger partial charge in [-0.1, -0.05) is 0 Å². The molecular weight excluding hydrogens is 477 g/mol. The van der Waals surface area contributed by atoms with E-state index in [2.05, 4.69) is 0 Å². The summed E-state index contributed by atoms with van der Waals surface area (Å²) in [4.78, 5) is 27.9. The summed E-state index contributed by atoms with van der Waals surface area (Å²) in [7, 11) is 1.56. The highest BCUT2D eigenvalue weighted by Crippen LogP contribution is 2.62. The number of carbonyl (C=O) groups is 2. The number of amides is 2. The average Bonchev–Trinajstić information content (AvgIpc) is 3.43. The van der Waals surface area contributed by atoms with Crippen molar-refractivity contribution in [3.8, 4) is 17.6 Å². The third-order valence-corrected chi connectivity index (χ3v) is 7.55. The van der Waals surface area contributed by atoms with Crippen molar-refractivity contribution in [2.75, 3.05) is 18.6 Å². The zero-order valence-corrected chi connectivity index (χ0v) is 19.6. The number of rotatable bonds is 6. The van der Waals surface area contributed by atoms with Gasteiger partial charge in [-0.3, -0.25) is 9.59 Å². The number of fused-ring (bicyclic) bond motifs is 5. The van der Waals surface area contributed by atoms with E-state index in [1.54, 1.807) is 38.3 Å². The highest BCUT2D eigenvalue weighted by molar-refractivity contribution is 6.23. The number of anilines is 1. The molecule has 3 fully saturated rings. The van der Waals surface area contributed by atoms with Crippen molar-refractivity contribution in [2.24, 2.45) is 11.8 Å². The van der Waals surface area contributed by atoms with E-state index in [1.165, 1.54) is 12.1 Å². The van der Waals surface area contributed by atoms with Gasteiger partial charge in [0.15, 0.2) is 0 Å². The van der Waals surface area contributed by atoms with Crippen molar-refractivity contribution in [1.82, 2.24) is 0 Å². The second-order valence-corrected chi connectivity index (χ2v) is 9.56. The van der Waals surface area contributed by atoms with E-state index < -0.39 is 52.2 Å². The third kappa shape index (κ3) is 3.61. The maximum atomic E-state index is 13.6. The summed E-state index contributed by atoms with van der Waals surface area (Å²) >= 11 is 0. The quantitative estimate of drug-likeness (QED) is 0.544. The van der Waals surface area contributed by atoms with Crippen molar-refractivity contribution >= 4 is 17.5 Å². The number of nitriles is 1. The molecule has 2 aromatic rings. The van der Waals surface area contributed by atoms with E-state index in [0.717, 1.165) is 11.0 Å². The topological polar surface area (TPSA) is 88.9 Å². The predicted octanol–water partition coefficient (Wildman–Crippen LogP) is 4.48. The van der Waals surface area contributed by atoms with Gasteiger partial charge in [-0.25, -0.2) is 4.90 Å². The summed E-state index contributed by atoms with van der Waals surface area (Å²) in [5.41, 5.74) is -3.81. The molecule has 3 saturated heterocycles. The molecule has 7 nitrogen and oxygen atoms in total. The maximum absolute atomic E-state index is 13.6. The Balaban J connectivity index is 1.41. The van der Waals surface area contributed by atoms with E-state index in [1.807, 2.05) is 0 Å². The van der Waals surface area contributed by atoms with E-state index in [-0.39, 0.29) is 12.3 Å². The van der Waals surface area contributed by atoms with Crippen molar-refractivity contribution in [1.29, 1.82) is 5.26 Å². The number of halogens is 3. The molecule has 4 unspecified atom stereocenters. The molecule has 36 heavy (non-hydrogen) atoms. The lowest BCUT2D eigenvalue weighted by molar-refractivity contribution is -0.138. The molecule has 2 aromatic carbocycles. The number of ether oxygens (including phenoxy) is 3. The average molecular weight is 500 g/mol. The third-order valence-electron chi connectivity index (χ3n) is 7.55. The Morgan fingerprint density at radius 2 is 1.75 bits per heavy atom. The molecule has 0 spiro atoms.